The molecule has 2 aromatic heterocycles. The number of carbonyl (C=O) groups excluding carboxylic acids is 1. The fraction of sp³-hybridized carbons (Fsp3) is 0.211. The van der Waals surface area contributed by atoms with E-state index in [1.54, 1.807) is 28.0 Å². The molecule has 1 aliphatic heterocycles. The van der Waals surface area contributed by atoms with Gasteiger partial charge in [-0.05, 0) is 49.7 Å². The van der Waals surface area contributed by atoms with Crippen LogP contribution in [0.25, 0.3) is 5.69 Å². The van der Waals surface area contributed by atoms with Gasteiger partial charge in [-0.1, -0.05) is 6.07 Å². The van der Waals surface area contributed by atoms with Crippen LogP contribution in [0.4, 0.5) is 5.69 Å². The van der Waals surface area contributed by atoms with Gasteiger partial charge in [0.1, 0.15) is 17.5 Å². The normalized spacial score (nSPS) is 16.2. The van der Waals surface area contributed by atoms with Gasteiger partial charge in [0.2, 0.25) is 0 Å². The van der Waals surface area contributed by atoms with E-state index in [4.69, 9.17) is 4.74 Å². The van der Waals surface area contributed by atoms with E-state index in [2.05, 4.69) is 10.1 Å². The SMILES string of the molecule is Cc1ccc2c(c1)O[C@H](C)CN2C(=O)c1cc(-n2cccn2)ccn1. The number of hydrogen-bond donors (Lipinski definition) is 0. The Morgan fingerprint density at radius 1 is 1.24 bits per heavy atom. The van der Waals surface area contributed by atoms with Crippen molar-refractivity contribution in [3.63, 3.8) is 0 Å². The summed E-state index contributed by atoms with van der Waals surface area (Å²) < 4.78 is 7.59. The minimum Gasteiger partial charge on any atom is -0.487 e. The molecule has 1 aliphatic rings. The second kappa shape index (κ2) is 6.05. The van der Waals surface area contributed by atoms with Gasteiger partial charge in [0.05, 0.1) is 17.9 Å². The number of aryl methyl sites for hydroxylation is 1. The van der Waals surface area contributed by atoms with Crippen LogP contribution in [0.3, 0.4) is 0 Å². The van der Waals surface area contributed by atoms with Gasteiger partial charge >= 0.3 is 0 Å². The van der Waals surface area contributed by atoms with Crippen LogP contribution in [0.1, 0.15) is 23.0 Å². The lowest BCUT2D eigenvalue weighted by Gasteiger charge is -2.33. The van der Waals surface area contributed by atoms with Gasteiger partial charge in [0.15, 0.2) is 0 Å². The van der Waals surface area contributed by atoms with Gasteiger partial charge in [-0.2, -0.15) is 5.10 Å². The molecule has 1 atom stereocenters. The van der Waals surface area contributed by atoms with Crippen LogP contribution in [-0.4, -0.2) is 33.3 Å². The summed E-state index contributed by atoms with van der Waals surface area (Å²) in [7, 11) is 0. The predicted molar refractivity (Wildman–Crippen MR) is 94.3 cm³/mol. The van der Waals surface area contributed by atoms with Crippen LogP contribution in [0.15, 0.2) is 55.0 Å². The van der Waals surface area contributed by atoms with Crippen molar-refractivity contribution in [1.82, 2.24) is 14.8 Å². The van der Waals surface area contributed by atoms with Crippen molar-refractivity contribution in [3.8, 4) is 11.4 Å². The topological polar surface area (TPSA) is 60.2 Å². The van der Waals surface area contributed by atoms with Gasteiger partial charge in [0, 0.05) is 18.6 Å². The Morgan fingerprint density at radius 2 is 2.12 bits per heavy atom. The van der Waals surface area contributed by atoms with Crippen molar-refractivity contribution in [1.29, 1.82) is 0 Å². The molecule has 0 saturated heterocycles. The van der Waals surface area contributed by atoms with E-state index in [1.807, 2.05) is 50.4 Å². The van der Waals surface area contributed by atoms with Crippen molar-refractivity contribution in [2.45, 2.75) is 20.0 Å². The molecule has 3 aromatic rings. The first kappa shape index (κ1) is 15.4. The highest BCUT2D eigenvalue weighted by molar-refractivity contribution is 6.06. The molecule has 126 valence electrons. The lowest BCUT2D eigenvalue weighted by atomic mass is 10.1. The summed E-state index contributed by atoms with van der Waals surface area (Å²) in [6, 6.07) is 11.3. The van der Waals surface area contributed by atoms with E-state index in [9.17, 15) is 4.79 Å². The monoisotopic (exact) mass is 334 g/mol. The summed E-state index contributed by atoms with van der Waals surface area (Å²) in [5.74, 6) is 0.588. The molecule has 6 nitrogen and oxygen atoms in total. The van der Waals surface area contributed by atoms with Gasteiger partial charge in [-0.15, -0.1) is 0 Å². The van der Waals surface area contributed by atoms with E-state index < -0.39 is 0 Å². The molecule has 3 heterocycles. The predicted octanol–water partition coefficient (Wildman–Crippen LogP) is 3.00. The van der Waals surface area contributed by atoms with Crippen LogP contribution in [0.2, 0.25) is 0 Å². The van der Waals surface area contributed by atoms with Crippen molar-refractivity contribution in [3.05, 3.63) is 66.2 Å². The minimum absolute atomic E-state index is 0.0763. The second-order valence-electron chi connectivity index (χ2n) is 6.17. The summed E-state index contributed by atoms with van der Waals surface area (Å²) >= 11 is 0. The molecule has 6 heteroatoms. The Kier molecular flexibility index (Phi) is 3.72. The molecule has 0 bridgehead atoms. The van der Waals surface area contributed by atoms with Gasteiger partial charge in [0.25, 0.3) is 5.91 Å². The van der Waals surface area contributed by atoms with Crippen LogP contribution < -0.4 is 9.64 Å². The molecule has 1 amide bonds. The molecular formula is C19H18N4O2. The Labute approximate surface area is 145 Å². The molecule has 25 heavy (non-hydrogen) atoms. The van der Waals surface area contributed by atoms with Gasteiger partial charge in [-0.25, -0.2) is 4.68 Å². The third-order valence-corrected chi connectivity index (χ3v) is 4.15. The Hall–Kier alpha value is -3.15. The fourth-order valence-corrected chi connectivity index (χ4v) is 2.98. The molecule has 4 rings (SSSR count). The average molecular weight is 334 g/mol. The number of hydrogen-bond acceptors (Lipinski definition) is 4. The summed E-state index contributed by atoms with van der Waals surface area (Å²) in [5, 5.41) is 4.20. The summed E-state index contributed by atoms with van der Waals surface area (Å²) in [5.41, 5.74) is 3.06. The average Bonchev–Trinajstić information content (AvgIpc) is 3.15. The lowest BCUT2D eigenvalue weighted by molar-refractivity contribution is 0.0956. The lowest BCUT2D eigenvalue weighted by Crippen LogP contribution is -2.42. The van der Waals surface area contributed by atoms with Gasteiger partial charge < -0.3 is 4.74 Å². The highest BCUT2D eigenvalue weighted by Crippen LogP contribution is 2.35. The van der Waals surface area contributed by atoms with E-state index in [1.165, 1.54) is 0 Å². The van der Waals surface area contributed by atoms with Gasteiger partial charge in [-0.3, -0.25) is 14.7 Å². The highest BCUT2D eigenvalue weighted by atomic mass is 16.5. The number of benzene rings is 1. The summed E-state index contributed by atoms with van der Waals surface area (Å²) in [4.78, 5) is 19.1. The maximum atomic E-state index is 13.1. The smallest absolute Gasteiger partial charge is 0.277 e. The molecule has 0 radical (unpaired) electrons. The third-order valence-electron chi connectivity index (χ3n) is 4.15. The number of fused-ring (bicyclic) bond motifs is 1. The van der Waals surface area contributed by atoms with Crippen LogP contribution >= 0.6 is 0 Å². The number of nitrogens with zero attached hydrogens (tertiary/aromatic N) is 4. The number of anilines is 1. The number of ether oxygens (including phenoxy) is 1. The first-order chi connectivity index (χ1) is 12.1. The fourth-order valence-electron chi connectivity index (χ4n) is 2.98. The van der Waals surface area contributed by atoms with Crippen molar-refractivity contribution < 1.29 is 9.53 Å². The highest BCUT2D eigenvalue weighted by Gasteiger charge is 2.29. The number of aromatic nitrogens is 3. The maximum Gasteiger partial charge on any atom is 0.277 e. The zero-order valence-corrected chi connectivity index (χ0v) is 14.1. The van der Waals surface area contributed by atoms with E-state index in [0.717, 1.165) is 22.7 Å². The first-order valence-electron chi connectivity index (χ1n) is 8.17. The van der Waals surface area contributed by atoms with E-state index in [0.29, 0.717) is 12.2 Å². The molecule has 0 unspecified atom stereocenters. The molecule has 0 fully saturated rings. The molecule has 0 spiro atoms. The van der Waals surface area contributed by atoms with Crippen molar-refractivity contribution in [2.24, 2.45) is 0 Å². The van der Waals surface area contributed by atoms with Crippen molar-refractivity contribution in [2.75, 3.05) is 11.4 Å². The molecule has 0 N–H and O–H groups in total. The molecular weight excluding hydrogens is 316 g/mol. The van der Waals surface area contributed by atoms with Crippen LogP contribution in [0, 0.1) is 6.92 Å². The Bertz CT molecular complexity index is 921. The standard InChI is InChI=1S/C19H18N4O2/c1-13-4-5-17-18(10-13)25-14(2)12-22(17)19(24)16-11-15(6-8-20-16)23-9-3-7-21-23/h3-11,14H,12H2,1-2H3/t14-/m1/s1. The van der Waals surface area contributed by atoms with Crippen LogP contribution in [0.5, 0.6) is 5.75 Å². The number of pyridine rings is 1. The first-order valence-corrected chi connectivity index (χ1v) is 8.17. The van der Waals surface area contributed by atoms with Crippen molar-refractivity contribution >= 4 is 11.6 Å². The van der Waals surface area contributed by atoms with E-state index >= 15 is 0 Å². The molecule has 0 saturated carbocycles. The zero-order chi connectivity index (χ0) is 17.4. The quantitative estimate of drug-likeness (QED) is 0.723. The Balaban J connectivity index is 1.71. The molecule has 1 aromatic carbocycles. The minimum atomic E-state index is -0.144. The number of amides is 1. The van der Waals surface area contributed by atoms with E-state index in [-0.39, 0.29) is 12.0 Å². The third kappa shape index (κ3) is 2.87. The summed E-state index contributed by atoms with van der Waals surface area (Å²) in [6.07, 6.45) is 5.08. The zero-order valence-electron chi connectivity index (χ0n) is 14.1. The second-order valence-corrected chi connectivity index (χ2v) is 6.17. The number of rotatable bonds is 2. The summed E-state index contributed by atoms with van der Waals surface area (Å²) in [6.45, 7) is 4.45. The largest absolute Gasteiger partial charge is 0.487 e. The molecule has 0 aliphatic carbocycles. The maximum absolute atomic E-state index is 13.1. The van der Waals surface area contributed by atoms with Crippen LogP contribution in [-0.2, 0) is 0 Å². The Morgan fingerprint density at radius 3 is 2.92 bits per heavy atom. The number of carbonyl (C=O) groups is 1.